The largest absolute Gasteiger partial charge is 0.396 e. The molecule has 1 aromatic heterocycles. The Morgan fingerprint density at radius 3 is 2.52 bits per heavy atom. The van der Waals surface area contributed by atoms with Crippen LogP contribution < -0.4 is 5.32 Å². The highest BCUT2D eigenvalue weighted by Gasteiger charge is 2.09. The van der Waals surface area contributed by atoms with Crippen LogP contribution in [0.5, 0.6) is 0 Å². The molecule has 2 unspecified atom stereocenters. The molecule has 0 spiro atoms. The van der Waals surface area contributed by atoms with E-state index in [9.17, 15) is 0 Å². The lowest BCUT2D eigenvalue weighted by Gasteiger charge is -2.20. The second-order valence-electron chi connectivity index (χ2n) is 5.59. The number of nitrogens with one attached hydrogen (secondary N) is 1. The molecule has 2 rings (SSSR count). The number of hydrogen-bond donors (Lipinski definition) is 2. The van der Waals surface area contributed by atoms with Crippen molar-refractivity contribution in [2.45, 2.75) is 45.7 Å². The van der Waals surface area contributed by atoms with Crippen molar-refractivity contribution in [3.05, 3.63) is 48.0 Å². The maximum Gasteiger partial charge on any atom is 0.110 e. The summed E-state index contributed by atoms with van der Waals surface area (Å²) in [5.41, 5.74) is 2.40. The summed E-state index contributed by atoms with van der Waals surface area (Å²) in [6.07, 6.45) is 5.63. The Morgan fingerprint density at radius 2 is 1.95 bits per heavy atom. The highest BCUT2D eigenvalue weighted by Crippen LogP contribution is 2.17. The summed E-state index contributed by atoms with van der Waals surface area (Å²) < 4.78 is 2.08. The van der Waals surface area contributed by atoms with E-state index in [-0.39, 0.29) is 6.61 Å². The topological polar surface area (TPSA) is 50.1 Å². The molecule has 1 heterocycles. The molecule has 1 aromatic carbocycles. The van der Waals surface area contributed by atoms with Gasteiger partial charge in [-0.25, -0.2) is 4.98 Å². The van der Waals surface area contributed by atoms with Crippen LogP contribution in [0.2, 0.25) is 0 Å². The van der Waals surface area contributed by atoms with E-state index in [1.807, 2.05) is 19.3 Å². The van der Waals surface area contributed by atoms with Crippen molar-refractivity contribution < 1.29 is 5.11 Å². The highest BCUT2D eigenvalue weighted by molar-refractivity contribution is 5.36. The van der Waals surface area contributed by atoms with E-state index in [2.05, 4.69) is 53.0 Å². The van der Waals surface area contributed by atoms with Gasteiger partial charge in [0.25, 0.3) is 0 Å². The van der Waals surface area contributed by atoms with E-state index in [4.69, 9.17) is 5.11 Å². The highest BCUT2D eigenvalue weighted by atomic mass is 16.2. The minimum absolute atomic E-state index is 0.263. The van der Waals surface area contributed by atoms with E-state index in [1.165, 1.54) is 5.56 Å². The monoisotopic (exact) mass is 287 g/mol. The Bertz CT molecular complexity index is 547. The van der Waals surface area contributed by atoms with E-state index in [0.29, 0.717) is 12.1 Å². The van der Waals surface area contributed by atoms with E-state index < -0.39 is 0 Å². The van der Waals surface area contributed by atoms with Crippen LogP contribution in [0.15, 0.2) is 36.7 Å². The molecule has 2 atom stereocenters. The maximum atomic E-state index is 8.87. The number of aryl methyl sites for hydroxylation is 1. The Hall–Kier alpha value is -1.65. The molecular weight excluding hydrogens is 262 g/mol. The number of nitrogens with zero attached hydrogens (tertiary/aromatic N) is 2. The van der Waals surface area contributed by atoms with Crippen molar-refractivity contribution in [2.75, 3.05) is 6.61 Å². The first kappa shape index (κ1) is 15.7. The zero-order valence-corrected chi connectivity index (χ0v) is 13.1. The molecule has 0 radical (unpaired) electrons. The molecule has 0 amide bonds. The van der Waals surface area contributed by atoms with E-state index in [1.54, 1.807) is 0 Å². The second kappa shape index (κ2) is 7.38. The van der Waals surface area contributed by atoms with Crippen LogP contribution in [0.3, 0.4) is 0 Å². The van der Waals surface area contributed by atoms with Gasteiger partial charge in [0, 0.05) is 36.8 Å². The van der Waals surface area contributed by atoms with E-state index >= 15 is 0 Å². The average Bonchev–Trinajstić information content (AvgIpc) is 2.91. The Balaban J connectivity index is 2.00. The first-order valence-electron chi connectivity index (χ1n) is 7.59. The average molecular weight is 287 g/mol. The van der Waals surface area contributed by atoms with Gasteiger partial charge in [-0.15, -0.1) is 0 Å². The van der Waals surface area contributed by atoms with Gasteiger partial charge < -0.3 is 15.0 Å². The van der Waals surface area contributed by atoms with Gasteiger partial charge in [-0.3, -0.25) is 0 Å². The first-order chi connectivity index (χ1) is 10.1. The molecule has 2 N–H and O–H groups in total. The number of aliphatic hydroxyl groups is 1. The van der Waals surface area contributed by atoms with Gasteiger partial charge in [0.15, 0.2) is 0 Å². The van der Waals surface area contributed by atoms with Crippen LogP contribution in [0, 0.1) is 6.92 Å². The summed E-state index contributed by atoms with van der Waals surface area (Å²) >= 11 is 0. The van der Waals surface area contributed by atoms with Gasteiger partial charge in [-0.2, -0.15) is 0 Å². The molecule has 0 saturated heterocycles. The summed E-state index contributed by atoms with van der Waals surface area (Å²) in [5.74, 6) is 0.992. The van der Waals surface area contributed by atoms with Crippen LogP contribution in [0.25, 0.3) is 5.69 Å². The van der Waals surface area contributed by atoms with Gasteiger partial charge in [0.2, 0.25) is 0 Å². The van der Waals surface area contributed by atoms with Gasteiger partial charge in [0.1, 0.15) is 5.82 Å². The molecular formula is C17H25N3O. The summed E-state index contributed by atoms with van der Waals surface area (Å²) in [5, 5.41) is 12.4. The number of hydrogen-bond acceptors (Lipinski definition) is 3. The quantitative estimate of drug-likeness (QED) is 0.823. The number of rotatable bonds is 7. The predicted octanol–water partition coefficient (Wildman–Crippen LogP) is 2.99. The van der Waals surface area contributed by atoms with Gasteiger partial charge in [-0.05, 0) is 51.3 Å². The molecule has 0 aliphatic heterocycles. The van der Waals surface area contributed by atoms with Gasteiger partial charge in [0.05, 0.1) is 0 Å². The smallest absolute Gasteiger partial charge is 0.110 e. The molecule has 0 bridgehead atoms. The SMILES string of the molecule is Cc1nccn1-c1ccc(C(C)NC(C)CCCO)cc1. The van der Waals surface area contributed by atoms with Crippen molar-refractivity contribution >= 4 is 0 Å². The zero-order valence-electron chi connectivity index (χ0n) is 13.1. The lowest BCUT2D eigenvalue weighted by molar-refractivity contribution is 0.274. The van der Waals surface area contributed by atoms with Crippen molar-refractivity contribution in [3.8, 4) is 5.69 Å². The second-order valence-corrected chi connectivity index (χ2v) is 5.59. The van der Waals surface area contributed by atoms with Crippen LogP contribution in [0.1, 0.15) is 44.1 Å². The van der Waals surface area contributed by atoms with Crippen LogP contribution in [0.4, 0.5) is 0 Å². The minimum atomic E-state index is 0.263. The first-order valence-corrected chi connectivity index (χ1v) is 7.59. The molecule has 0 saturated carbocycles. The third kappa shape index (κ3) is 4.16. The Labute approximate surface area is 126 Å². The normalized spacial score (nSPS) is 14.1. The molecule has 0 aliphatic carbocycles. The summed E-state index contributed by atoms with van der Waals surface area (Å²) in [6, 6.07) is 9.27. The summed E-state index contributed by atoms with van der Waals surface area (Å²) in [4.78, 5) is 4.25. The third-order valence-electron chi connectivity index (χ3n) is 3.83. The Morgan fingerprint density at radius 1 is 1.24 bits per heavy atom. The van der Waals surface area contributed by atoms with Crippen LogP contribution in [-0.4, -0.2) is 27.3 Å². The molecule has 2 aromatic rings. The number of aromatic nitrogens is 2. The summed E-state index contributed by atoms with van der Waals surface area (Å²) in [7, 11) is 0. The molecule has 4 heteroatoms. The van der Waals surface area contributed by atoms with Crippen molar-refractivity contribution in [3.63, 3.8) is 0 Å². The molecule has 21 heavy (non-hydrogen) atoms. The Kier molecular flexibility index (Phi) is 5.53. The fraction of sp³-hybridized carbons (Fsp3) is 0.471. The lowest BCUT2D eigenvalue weighted by atomic mass is 10.1. The fourth-order valence-corrected chi connectivity index (χ4v) is 2.58. The molecule has 114 valence electrons. The van der Waals surface area contributed by atoms with Crippen molar-refractivity contribution in [1.82, 2.24) is 14.9 Å². The molecule has 0 fully saturated rings. The third-order valence-corrected chi connectivity index (χ3v) is 3.83. The standard InChI is InChI=1S/C17H25N3O/c1-13(5-4-12-21)19-14(2)16-6-8-17(9-7-16)20-11-10-18-15(20)3/h6-11,13-14,19,21H,4-5,12H2,1-3H3. The fourth-order valence-electron chi connectivity index (χ4n) is 2.58. The van der Waals surface area contributed by atoms with Gasteiger partial charge >= 0.3 is 0 Å². The van der Waals surface area contributed by atoms with Crippen LogP contribution >= 0.6 is 0 Å². The van der Waals surface area contributed by atoms with Gasteiger partial charge in [-0.1, -0.05) is 12.1 Å². The molecule has 0 aliphatic rings. The maximum absolute atomic E-state index is 8.87. The molecule has 4 nitrogen and oxygen atoms in total. The number of benzene rings is 1. The summed E-state index contributed by atoms with van der Waals surface area (Å²) in [6.45, 7) is 6.60. The predicted molar refractivity (Wildman–Crippen MR) is 85.6 cm³/mol. The van der Waals surface area contributed by atoms with Crippen molar-refractivity contribution in [2.24, 2.45) is 0 Å². The minimum Gasteiger partial charge on any atom is -0.396 e. The number of imidazole rings is 1. The van der Waals surface area contributed by atoms with Crippen molar-refractivity contribution in [1.29, 1.82) is 0 Å². The van der Waals surface area contributed by atoms with Crippen LogP contribution in [-0.2, 0) is 0 Å². The lowest BCUT2D eigenvalue weighted by Crippen LogP contribution is -2.29. The zero-order chi connectivity index (χ0) is 15.2. The van der Waals surface area contributed by atoms with E-state index in [0.717, 1.165) is 24.4 Å². The number of aliphatic hydroxyl groups excluding tert-OH is 1.